The van der Waals surface area contributed by atoms with Crippen LogP contribution in [0.25, 0.3) is 0 Å². The molecule has 8 heteroatoms. The van der Waals surface area contributed by atoms with Crippen LogP contribution in [-0.2, 0) is 11.3 Å². The molecular weight excluding hydrogens is 502 g/mol. The molecule has 1 fully saturated rings. The molecule has 0 unspecified atom stereocenters. The maximum atomic E-state index is 13.4. The standard InChI is InChI=1S/C31H38F2N2O4/c1-36-28-20-23(21-29(37-2)31(28)38-3)22-35-17-15-34(16-18-35)14-4-5-19-39-30(24-6-10-26(32)11-7-24)25-8-12-27(33)13-9-25/h6-13,20-21,30H,4-5,14-19,22H2,1-3H3. The third kappa shape index (κ3) is 7.91. The number of hydrogen-bond acceptors (Lipinski definition) is 6. The zero-order valence-corrected chi connectivity index (χ0v) is 23.0. The normalized spacial score (nSPS) is 14.5. The Labute approximate surface area is 230 Å². The summed E-state index contributed by atoms with van der Waals surface area (Å²) in [5.74, 6) is 1.38. The average molecular weight is 541 g/mol. The second-order valence-corrected chi connectivity index (χ2v) is 9.71. The Bertz CT molecular complexity index is 1100. The Morgan fingerprint density at radius 1 is 0.692 bits per heavy atom. The van der Waals surface area contributed by atoms with Crippen molar-refractivity contribution in [2.45, 2.75) is 25.5 Å². The van der Waals surface area contributed by atoms with Crippen molar-refractivity contribution >= 4 is 0 Å². The minimum absolute atomic E-state index is 0.292. The first-order valence-corrected chi connectivity index (χ1v) is 13.4. The largest absolute Gasteiger partial charge is 0.493 e. The number of hydrogen-bond donors (Lipinski definition) is 0. The lowest BCUT2D eigenvalue weighted by molar-refractivity contribution is 0.0723. The van der Waals surface area contributed by atoms with Crippen LogP contribution in [0.2, 0.25) is 0 Å². The second kappa shape index (κ2) is 14.3. The minimum Gasteiger partial charge on any atom is -0.493 e. The van der Waals surface area contributed by atoms with Crippen LogP contribution < -0.4 is 14.2 Å². The van der Waals surface area contributed by atoms with Gasteiger partial charge in [-0.15, -0.1) is 0 Å². The molecule has 0 N–H and O–H groups in total. The van der Waals surface area contributed by atoms with Crippen molar-refractivity contribution in [3.8, 4) is 17.2 Å². The van der Waals surface area contributed by atoms with Crippen molar-refractivity contribution in [1.29, 1.82) is 0 Å². The van der Waals surface area contributed by atoms with Crippen LogP contribution in [0.1, 0.15) is 35.6 Å². The predicted molar refractivity (Wildman–Crippen MR) is 148 cm³/mol. The Hall–Kier alpha value is -3.20. The molecule has 0 spiro atoms. The maximum Gasteiger partial charge on any atom is 0.203 e. The molecule has 0 bridgehead atoms. The molecule has 1 aliphatic heterocycles. The van der Waals surface area contributed by atoms with E-state index >= 15 is 0 Å². The Kier molecular flexibility index (Phi) is 10.5. The van der Waals surface area contributed by atoms with Crippen LogP contribution in [0.5, 0.6) is 17.2 Å². The number of nitrogens with zero attached hydrogens (tertiary/aromatic N) is 2. The molecule has 210 valence electrons. The van der Waals surface area contributed by atoms with Gasteiger partial charge in [0.15, 0.2) is 11.5 Å². The monoisotopic (exact) mass is 540 g/mol. The number of benzene rings is 3. The topological polar surface area (TPSA) is 43.4 Å². The quantitative estimate of drug-likeness (QED) is 0.260. The summed E-state index contributed by atoms with van der Waals surface area (Å²) in [5.41, 5.74) is 2.84. The highest BCUT2D eigenvalue weighted by Crippen LogP contribution is 2.38. The Balaban J connectivity index is 1.22. The molecule has 0 radical (unpaired) electrons. The fourth-order valence-corrected chi connectivity index (χ4v) is 4.95. The summed E-state index contributed by atoms with van der Waals surface area (Å²) in [6.45, 7) is 6.42. The van der Waals surface area contributed by atoms with Gasteiger partial charge in [0.25, 0.3) is 0 Å². The number of methoxy groups -OCH3 is 3. The van der Waals surface area contributed by atoms with E-state index < -0.39 is 0 Å². The average Bonchev–Trinajstić information content (AvgIpc) is 2.96. The summed E-state index contributed by atoms with van der Waals surface area (Å²) in [7, 11) is 4.88. The van der Waals surface area contributed by atoms with Crippen molar-refractivity contribution in [3.05, 3.63) is 89.0 Å². The molecule has 1 saturated heterocycles. The minimum atomic E-state index is -0.357. The number of halogens is 2. The van der Waals surface area contributed by atoms with Crippen LogP contribution in [0.3, 0.4) is 0 Å². The first-order valence-electron chi connectivity index (χ1n) is 13.4. The Morgan fingerprint density at radius 2 is 1.21 bits per heavy atom. The lowest BCUT2D eigenvalue weighted by atomic mass is 10.0. The van der Waals surface area contributed by atoms with E-state index in [1.807, 2.05) is 12.1 Å². The smallest absolute Gasteiger partial charge is 0.203 e. The summed E-state index contributed by atoms with van der Waals surface area (Å²) < 4.78 is 49.5. The van der Waals surface area contributed by atoms with Gasteiger partial charge in [-0.1, -0.05) is 24.3 Å². The molecule has 0 atom stereocenters. The van der Waals surface area contributed by atoms with E-state index in [1.165, 1.54) is 24.3 Å². The molecule has 0 aliphatic carbocycles. The molecule has 3 aromatic rings. The van der Waals surface area contributed by atoms with Crippen LogP contribution in [-0.4, -0.2) is 70.5 Å². The lowest BCUT2D eigenvalue weighted by Crippen LogP contribution is -2.46. The summed E-state index contributed by atoms with van der Waals surface area (Å²) in [6.07, 6.45) is 1.57. The second-order valence-electron chi connectivity index (χ2n) is 9.71. The first kappa shape index (κ1) is 28.8. The van der Waals surface area contributed by atoms with Crippen molar-refractivity contribution in [2.75, 3.05) is 60.7 Å². The number of ether oxygens (including phenoxy) is 4. The highest BCUT2D eigenvalue weighted by molar-refractivity contribution is 5.53. The van der Waals surface area contributed by atoms with E-state index in [1.54, 1.807) is 45.6 Å². The van der Waals surface area contributed by atoms with E-state index in [4.69, 9.17) is 18.9 Å². The third-order valence-electron chi connectivity index (χ3n) is 7.09. The van der Waals surface area contributed by atoms with Gasteiger partial charge in [0.1, 0.15) is 17.7 Å². The summed E-state index contributed by atoms with van der Waals surface area (Å²) >= 11 is 0. The van der Waals surface area contributed by atoms with Crippen molar-refractivity contribution in [3.63, 3.8) is 0 Å². The van der Waals surface area contributed by atoms with Gasteiger partial charge in [-0.25, -0.2) is 8.78 Å². The van der Waals surface area contributed by atoms with Gasteiger partial charge < -0.3 is 23.8 Å². The van der Waals surface area contributed by atoms with Gasteiger partial charge in [0.05, 0.1) is 21.3 Å². The molecule has 0 amide bonds. The molecule has 1 aliphatic rings. The molecule has 1 heterocycles. The zero-order valence-electron chi connectivity index (χ0n) is 23.0. The van der Waals surface area contributed by atoms with Crippen LogP contribution in [0.4, 0.5) is 8.78 Å². The van der Waals surface area contributed by atoms with Crippen LogP contribution in [0, 0.1) is 11.6 Å². The Morgan fingerprint density at radius 3 is 1.69 bits per heavy atom. The van der Waals surface area contributed by atoms with Crippen LogP contribution >= 0.6 is 0 Å². The van der Waals surface area contributed by atoms with Gasteiger partial charge in [-0.2, -0.15) is 0 Å². The highest BCUT2D eigenvalue weighted by atomic mass is 19.1. The maximum absolute atomic E-state index is 13.4. The van der Waals surface area contributed by atoms with Gasteiger partial charge in [0.2, 0.25) is 5.75 Å². The van der Waals surface area contributed by atoms with Crippen molar-refractivity contribution < 1.29 is 27.7 Å². The fourth-order valence-electron chi connectivity index (χ4n) is 4.95. The van der Waals surface area contributed by atoms with E-state index in [2.05, 4.69) is 9.80 Å². The number of piperazine rings is 1. The summed E-state index contributed by atoms with van der Waals surface area (Å²) in [4.78, 5) is 4.93. The van der Waals surface area contributed by atoms with Crippen molar-refractivity contribution in [2.24, 2.45) is 0 Å². The lowest BCUT2D eigenvalue weighted by Gasteiger charge is -2.35. The van der Waals surface area contributed by atoms with Gasteiger partial charge in [0, 0.05) is 39.3 Å². The van der Waals surface area contributed by atoms with Gasteiger partial charge in [-0.3, -0.25) is 4.90 Å². The zero-order chi connectivity index (χ0) is 27.6. The molecule has 6 nitrogen and oxygen atoms in total. The van der Waals surface area contributed by atoms with Gasteiger partial charge in [-0.05, 0) is 72.5 Å². The SMILES string of the molecule is COc1cc(CN2CCN(CCCCOC(c3ccc(F)cc3)c3ccc(F)cc3)CC2)cc(OC)c1OC. The fraction of sp³-hybridized carbons (Fsp3) is 0.419. The van der Waals surface area contributed by atoms with Crippen LogP contribution in [0.15, 0.2) is 60.7 Å². The molecule has 3 aromatic carbocycles. The highest BCUT2D eigenvalue weighted by Gasteiger charge is 2.20. The van der Waals surface area contributed by atoms with E-state index in [9.17, 15) is 8.78 Å². The third-order valence-corrected chi connectivity index (χ3v) is 7.09. The first-order chi connectivity index (χ1) is 19.0. The van der Waals surface area contributed by atoms with E-state index in [0.29, 0.717) is 23.9 Å². The summed E-state index contributed by atoms with van der Waals surface area (Å²) in [6, 6.07) is 16.6. The molecule has 0 aromatic heterocycles. The van der Waals surface area contributed by atoms with E-state index in [-0.39, 0.29) is 17.7 Å². The van der Waals surface area contributed by atoms with Crippen molar-refractivity contribution in [1.82, 2.24) is 9.80 Å². The van der Waals surface area contributed by atoms with Gasteiger partial charge >= 0.3 is 0 Å². The predicted octanol–water partition coefficient (Wildman–Crippen LogP) is 5.69. The summed E-state index contributed by atoms with van der Waals surface area (Å²) in [5, 5.41) is 0. The number of unbranched alkanes of at least 4 members (excludes halogenated alkanes) is 1. The van der Waals surface area contributed by atoms with E-state index in [0.717, 1.165) is 68.8 Å². The molecule has 4 rings (SSSR count). The number of rotatable bonds is 13. The molecular formula is C31H38F2N2O4. The molecule has 39 heavy (non-hydrogen) atoms. The molecule has 0 saturated carbocycles.